The van der Waals surface area contributed by atoms with E-state index in [0.717, 1.165) is 33.5 Å². The number of hydrogen-bond acceptors (Lipinski definition) is 8. The first-order valence-corrected chi connectivity index (χ1v) is 11.9. The van der Waals surface area contributed by atoms with Crippen LogP contribution in [0.5, 0.6) is 0 Å². The number of H-pyrrole nitrogens is 1. The molecule has 0 radical (unpaired) electrons. The van der Waals surface area contributed by atoms with Crippen LogP contribution in [0.15, 0.2) is 67.4 Å². The number of aromatic nitrogens is 6. The lowest BCUT2D eigenvalue weighted by Crippen LogP contribution is -2.34. The zero-order chi connectivity index (χ0) is 25.4. The van der Waals surface area contributed by atoms with Gasteiger partial charge in [0.15, 0.2) is 0 Å². The van der Waals surface area contributed by atoms with E-state index in [0.29, 0.717) is 36.1 Å². The van der Waals surface area contributed by atoms with Crippen molar-refractivity contribution in [3.05, 3.63) is 95.7 Å². The molecule has 10 nitrogen and oxygen atoms in total. The third-order valence-electron chi connectivity index (χ3n) is 6.59. The van der Waals surface area contributed by atoms with E-state index in [9.17, 15) is 4.79 Å². The summed E-state index contributed by atoms with van der Waals surface area (Å²) in [6.45, 7) is 3.02. The Hall–Kier alpha value is -4.70. The van der Waals surface area contributed by atoms with Crippen LogP contribution in [0.1, 0.15) is 46.1 Å². The second-order valence-electron chi connectivity index (χ2n) is 8.88. The second-order valence-corrected chi connectivity index (χ2v) is 8.88. The monoisotopic (exact) mass is 492 g/mol. The number of nitrogens with zero attached hydrogens (tertiary/aromatic N) is 6. The number of aromatic amines is 1. The third-order valence-corrected chi connectivity index (χ3v) is 6.59. The molecule has 6 rings (SSSR count). The molecule has 1 aliphatic rings. The molecule has 1 amide bonds. The van der Waals surface area contributed by atoms with Crippen LogP contribution in [-0.2, 0) is 24.5 Å². The minimum atomic E-state index is -0.408. The predicted molar refractivity (Wildman–Crippen MR) is 137 cm³/mol. The van der Waals surface area contributed by atoms with Gasteiger partial charge in [-0.05, 0) is 42.8 Å². The number of rotatable bonds is 6. The number of nitrogens with two attached hydrogens (primary N) is 1. The highest BCUT2D eigenvalue weighted by Crippen LogP contribution is 2.32. The summed E-state index contributed by atoms with van der Waals surface area (Å²) in [5.74, 6) is 0.751. The van der Waals surface area contributed by atoms with Crippen molar-refractivity contribution in [1.82, 2.24) is 34.8 Å². The molecule has 6 heterocycles. The predicted octanol–water partition coefficient (Wildman–Crippen LogP) is 3.83. The molecule has 0 unspecified atom stereocenters. The number of ether oxygens (including phenoxy) is 1. The Balaban J connectivity index is 1.35. The lowest BCUT2D eigenvalue weighted by Gasteiger charge is -2.27. The van der Waals surface area contributed by atoms with Crippen molar-refractivity contribution in [2.24, 2.45) is 0 Å². The Bertz CT molecular complexity index is 1570. The normalized spacial score (nSPS) is 13.4. The van der Waals surface area contributed by atoms with Crippen LogP contribution >= 0.6 is 0 Å². The summed E-state index contributed by atoms with van der Waals surface area (Å²) in [6, 6.07) is 10.8. The van der Waals surface area contributed by atoms with Gasteiger partial charge in [-0.3, -0.25) is 14.8 Å². The first-order chi connectivity index (χ1) is 18.1. The number of pyridine rings is 3. The van der Waals surface area contributed by atoms with E-state index in [-0.39, 0.29) is 12.5 Å². The van der Waals surface area contributed by atoms with Crippen molar-refractivity contribution in [2.75, 3.05) is 5.73 Å². The van der Waals surface area contributed by atoms with E-state index in [1.54, 1.807) is 48.0 Å². The van der Waals surface area contributed by atoms with Gasteiger partial charge in [0, 0.05) is 47.7 Å². The number of carbonyl (C=O) groups is 1. The summed E-state index contributed by atoms with van der Waals surface area (Å²) >= 11 is 0. The lowest BCUT2D eigenvalue weighted by molar-refractivity contribution is 0.0658. The molecular formula is C27H24N8O2. The second kappa shape index (κ2) is 9.40. The van der Waals surface area contributed by atoms with Crippen molar-refractivity contribution in [3.63, 3.8) is 0 Å². The van der Waals surface area contributed by atoms with Gasteiger partial charge in [-0.1, -0.05) is 6.07 Å². The molecule has 0 fully saturated rings. The number of anilines is 1. The smallest absolute Gasteiger partial charge is 0.271 e. The molecule has 5 aromatic heterocycles. The van der Waals surface area contributed by atoms with E-state index in [1.165, 1.54) is 0 Å². The summed E-state index contributed by atoms with van der Waals surface area (Å²) < 4.78 is 5.57. The average molecular weight is 493 g/mol. The fraction of sp³-hybridized carbons (Fsp3) is 0.185. The van der Waals surface area contributed by atoms with Crippen molar-refractivity contribution in [1.29, 1.82) is 0 Å². The maximum Gasteiger partial charge on any atom is 0.271 e. The fourth-order valence-electron chi connectivity index (χ4n) is 4.57. The van der Waals surface area contributed by atoms with Crippen molar-refractivity contribution in [2.45, 2.75) is 32.7 Å². The van der Waals surface area contributed by atoms with Gasteiger partial charge in [0.05, 0.1) is 42.5 Å². The molecule has 0 spiro atoms. The molecule has 184 valence electrons. The Morgan fingerprint density at radius 2 is 1.84 bits per heavy atom. The topological polar surface area (TPSA) is 136 Å². The highest BCUT2D eigenvalue weighted by molar-refractivity contribution is 5.98. The summed E-state index contributed by atoms with van der Waals surface area (Å²) in [7, 11) is 0. The highest BCUT2D eigenvalue weighted by atomic mass is 16.5. The number of fused-ring (bicyclic) bond motifs is 3. The van der Waals surface area contributed by atoms with E-state index >= 15 is 0 Å². The maximum absolute atomic E-state index is 13.9. The van der Waals surface area contributed by atoms with Crippen LogP contribution in [-0.4, -0.2) is 40.7 Å². The van der Waals surface area contributed by atoms with Gasteiger partial charge in [0.1, 0.15) is 17.3 Å². The molecule has 0 bridgehead atoms. The number of nitrogen functional groups attached to an aromatic ring is 1. The summed E-state index contributed by atoms with van der Waals surface area (Å²) in [4.78, 5) is 40.9. The Morgan fingerprint density at radius 3 is 2.59 bits per heavy atom. The maximum atomic E-state index is 13.9. The van der Waals surface area contributed by atoms with Crippen LogP contribution in [0.3, 0.4) is 0 Å². The highest BCUT2D eigenvalue weighted by Gasteiger charge is 2.28. The molecule has 3 N–H and O–H groups in total. The van der Waals surface area contributed by atoms with Gasteiger partial charge >= 0.3 is 0 Å². The van der Waals surface area contributed by atoms with E-state index in [1.807, 2.05) is 31.2 Å². The Morgan fingerprint density at radius 1 is 1.05 bits per heavy atom. The molecule has 0 saturated carbocycles. The average Bonchev–Trinajstić information content (AvgIpc) is 3.60. The molecule has 0 aromatic carbocycles. The van der Waals surface area contributed by atoms with Gasteiger partial charge in [-0.25, -0.2) is 15.0 Å². The van der Waals surface area contributed by atoms with Gasteiger partial charge in [-0.2, -0.15) is 0 Å². The van der Waals surface area contributed by atoms with Gasteiger partial charge < -0.3 is 20.4 Å². The Kier molecular flexibility index (Phi) is 5.78. The van der Waals surface area contributed by atoms with E-state index < -0.39 is 6.04 Å². The van der Waals surface area contributed by atoms with Gasteiger partial charge in [-0.15, -0.1) is 0 Å². The summed E-state index contributed by atoms with van der Waals surface area (Å²) in [5.41, 5.74) is 12.5. The lowest BCUT2D eigenvalue weighted by atomic mass is 10.1. The first kappa shape index (κ1) is 22.7. The number of carbonyl (C=O) groups excluding carboxylic acids is 1. The summed E-state index contributed by atoms with van der Waals surface area (Å²) in [6.07, 6.45) is 8.63. The van der Waals surface area contributed by atoms with Gasteiger partial charge in [0.25, 0.3) is 5.91 Å². The van der Waals surface area contributed by atoms with Crippen LogP contribution in [0.2, 0.25) is 0 Å². The fourth-order valence-corrected chi connectivity index (χ4v) is 4.57. The number of nitrogens with one attached hydrogen (secondary N) is 1. The van der Waals surface area contributed by atoms with Crippen LogP contribution in [0.4, 0.5) is 5.82 Å². The van der Waals surface area contributed by atoms with E-state index in [4.69, 9.17) is 10.5 Å². The van der Waals surface area contributed by atoms with Gasteiger partial charge in [0.2, 0.25) is 0 Å². The first-order valence-electron chi connectivity index (χ1n) is 11.9. The molecular weight excluding hydrogens is 468 g/mol. The zero-order valence-electron chi connectivity index (χ0n) is 20.1. The molecule has 5 aromatic rings. The third kappa shape index (κ3) is 4.27. The molecule has 1 atom stereocenters. The molecule has 37 heavy (non-hydrogen) atoms. The van der Waals surface area contributed by atoms with Crippen molar-refractivity contribution >= 4 is 22.8 Å². The Labute approximate surface area is 212 Å². The minimum Gasteiger partial charge on any atom is -0.383 e. The SMILES string of the molecule is C[C@H](c1ncccn1)N(Cc1ccc(-c2ccncc2)cn1)C(=O)c1cc2nc(N)c3c(c2[nH]1)COC3. The van der Waals surface area contributed by atoms with E-state index in [2.05, 4.69) is 29.9 Å². The number of hydrogen-bond donors (Lipinski definition) is 2. The molecule has 10 heteroatoms. The van der Waals surface area contributed by atoms with Crippen molar-refractivity contribution in [3.8, 4) is 11.1 Å². The molecule has 1 aliphatic heterocycles. The quantitative estimate of drug-likeness (QED) is 0.365. The molecule has 0 saturated heterocycles. The largest absolute Gasteiger partial charge is 0.383 e. The molecule has 0 aliphatic carbocycles. The number of amides is 1. The van der Waals surface area contributed by atoms with Crippen LogP contribution in [0.25, 0.3) is 22.2 Å². The zero-order valence-corrected chi connectivity index (χ0v) is 20.1. The van der Waals surface area contributed by atoms with Crippen LogP contribution < -0.4 is 5.73 Å². The minimum absolute atomic E-state index is 0.218. The van der Waals surface area contributed by atoms with Crippen molar-refractivity contribution < 1.29 is 9.53 Å². The summed E-state index contributed by atoms with van der Waals surface area (Å²) in [5, 5.41) is 0. The standard InChI is InChI=1S/C27H24N8O2/c1-16(26-30-7-2-8-31-26)35(13-19-4-3-18(12-32-19)17-5-9-29-10-6-17)27(36)23-11-22-24(33-23)20-14-37-15-21(20)25(28)34-22/h2-12,16,33H,13-15H2,1H3,(H2,28,34)/t16-/m1/s1. The van der Waals surface area contributed by atoms with Crippen LogP contribution in [0, 0.1) is 0 Å².